The summed E-state index contributed by atoms with van der Waals surface area (Å²) in [6, 6.07) is 9.96. The highest BCUT2D eigenvalue weighted by molar-refractivity contribution is 5.20. The molecule has 0 aliphatic carbocycles. The molecular formula is C16H27NO. The Labute approximate surface area is 112 Å². The molecule has 1 rings (SSSR count). The van der Waals surface area contributed by atoms with Crippen molar-refractivity contribution in [3.63, 3.8) is 0 Å². The topological polar surface area (TPSA) is 21.3 Å². The average molecular weight is 249 g/mol. The molecule has 0 heterocycles. The van der Waals surface area contributed by atoms with Crippen LogP contribution in [0.1, 0.15) is 41.0 Å². The minimum absolute atomic E-state index is 0.151. The largest absolute Gasteiger partial charge is 0.492 e. The van der Waals surface area contributed by atoms with Crippen molar-refractivity contribution >= 4 is 0 Å². The summed E-state index contributed by atoms with van der Waals surface area (Å²) in [5.41, 5.74) is 0.495. The smallest absolute Gasteiger partial charge is 0.119 e. The number of para-hydroxylation sites is 1. The van der Waals surface area contributed by atoms with Gasteiger partial charge in [0, 0.05) is 12.1 Å². The molecule has 0 aromatic heterocycles. The molecule has 102 valence electrons. The molecule has 0 unspecified atom stereocenters. The van der Waals surface area contributed by atoms with E-state index in [0.717, 1.165) is 18.7 Å². The third kappa shape index (κ3) is 6.65. The summed E-state index contributed by atoms with van der Waals surface area (Å²) in [7, 11) is 0. The van der Waals surface area contributed by atoms with E-state index in [-0.39, 0.29) is 5.54 Å². The van der Waals surface area contributed by atoms with E-state index in [1.165, 1.54) is 0 Å². The van der Waals surface area contributed by atoms with Crippen LogP contribution in [0.2, 0.25) is 0 Å². The van der Waals surface area contributed by atoms with Crippen LogP contribution in [0.4, 0.5) is 0 Å². The highest BCUT2D eigenvalue weighted by Crippen LogP contribution is 2.26. The van der Waals surface area contributed by atoms with Gasteiger partial charge in [-0.05, 0) is 37.8 Å². The molecule has 1 aromatic carbocycles. The Morgan fingerprint density at radius 2 is 1.61 bits per heavy atom. The van der Waals surface area contributed by atoms with Gasteiger partial charge in [-0.1, -0.05) is 39.0 Å². The fraction of sp³-hybridized carbons (Fsp3) is 0.625. The van der Waals surface area contributed by atoms with E-state index in [1.807, 2.05) is 30.3 Å². The summed E-state index contributed by atoms with van der Waals surface area (Å²) in [5.74, 6) is 0.938. The predicted octanol–water partition coefficient (Wildman–Crippen LogP) is 3.87. The highest BCUT2D eigenvalue weighted by atomic mass is 16.5. The van der Waals surface area contributed by atoms with Crippen molar-refractivity contribution in [1.29, 1.82) is 0 Å². The number of rotatable bonds is 6. The molecule has 0 saturated heterocycles. The molecule has 2 heteroatoms. The summed E-state index contributed by atoms with van der Waals surface area (Å²) in [4.78, 5) is 0. The van der Waals surface area contributed by atoms with Gasteiger partial charge in [0.1, 0.15) is 12.4 Å². The van der Waals surface area contributed by atoms with E-state index >= 15 is 0 Å². The van der Waals surface area contributed by atoms with Gasteiger partial charge >= 0.3 is 0 Å². The standard InChI is InChI=1S/C16H27NO/c1-15(2,3)13-16(4,5)17-11-12-18-14-9-7-6-8-10-14/h6-10,17H,11-13H2,1-5H3. The minimum atomic E-state index is 0.151. The van der Waals surface area contributed by atoms with Crippen LogP contribution < -0.4 is 10.1 Å². The summed E-state index contributed by atoms with van der Waals surface area (Å²) in [6.07, 6.45) is 1.14. The van der Waals surface area contributed by atoms with Crippen molar-refractivity contribution in [1.82, 2.24) is 5.32 Å². The molecule has 0 radical (unpaired) electrons. The van der Waals surface area contributed by atoms with Crippen LogP contribution in [0.3, 0.4) is 0 Å². The van der Waals surface area contributed by atoms with Crippen molar-refractivity contribution < 1.29 is 4.74 Å². The SMILES string of the molecule is CC(C)(C)CC(C)(C)NCCOc1ccccc1. The third-order valence-corrected chi connectivity index (χ3v) is 2.69. The Morgan fingerprint density at radius 1 is 1.00 bits per heavy atom. The van der Waals surface area contributed by atoms with Crippen LogP contribution in [-0.2, 0) is 0 Å². The van der Waals surface area contributed by atoms with Gasteiger partial charge in [0.15, 0.2) is 0 Å². The number of ether oxygens (including phenoxy) is 1. The van der Waals surface area contributed by atoms with E-state index in [9.17, 15) is 0 Å². The van der Waals surface area contributed by atoms with E-state index in [1.54, 1.807) is 0 Å². The number of hydrogen-bond acceptors (Lipinski definition) is 2. The fourth-order valence-corrected chi connectivity index (χ4v) is 2.46. The van der Waals surface area contributed by atoms with Gasteiger partial charge in [0.25, 0.3) is 0 Å². The van der Waals surface area contributed by atoms with Crippen LogP contribution in [0.25, 0.3) is 0 Å². The first kappa shape index (κ1) is 15.0. The van der Waals surface area contributed by atoms with E-state index in [2.05, 4.69) is 39.9 Å². The van der Waals surface area contributed by atoms with Crippen LogP contribution in [0.5, 0.6) is 5.75 Å². The lowest BCUT2D eigenvalue weighted by molar-refractivity contribution is 0.223. The molecule has 18 heavy (non-hydrogen) atoms. The van der Waals surface area contributed by atoms with Crippen LogP contribution in [0, 0.1) is 5.41 Å². The quantitative estimate of drug-likeness (QED) is 0.773. The molecular weight excluding hydrogens is 222 g/mol. The predicted molar refractivity (Wildman–Crippen MR) is 78.1 cm³/mol. The normalized spacial score (nSPS) is 12.5. The maximum absolute atomic E-state index is 5.67. The minimum Gasteiger partial charge on any atom is -0.492 e. The molecule has 0 fully saturated rings. The van der Waals surface area contributed by atoms with Gasteiger partial charge in [0.2, 0.25) is 0 Å². The maximum Gasteiger partial charge on any atom is 0.119 e. The third-order valence-electron chi connectivity index (χ3n) is 2.69. The zero-order chi connectivity index (χ0) is 13.6. The summed E-state index contributed by atoms with van der Waals surface area (Å²) >= 11 is 0. The Morgan fingerprint density at radius 3 is 2.17 bits per heavy atom. The Hall–Kier alpha value is -1.02. The lowest BCUT2D eigenvalue weighted by Crippen LogP contribution is -2.44. The first-order chi connectivity index (χ1) is 8.29. The zero-order valence-electron chi connectivity index (χ0n) is 12.4. The highest BCUT2D eigenvalue weighted by Gasteiger charge is 2.24. The Balaban J connectivity index is 2.25. The molecule has 0 saturated carbocycles. The van der Waals surface area contributed by atoms with Gasteiger partial charge < -0.3 is 10.1 Å². The van der Waals surface area contributed by atoms with Crippen LogP contribution in [-0.4, -0.2) is 18.7 Å². The van der Waals surface area contributed by atoms with Crippen molar-refractivity contribution in [3.05, 3.63) is 30.3 Å². The zero-order valence-corrected chi connectivity index (χ0v) is 12.4. The number of hydrogen-bond donors (Lipinski definition) is 1. The van der Waals surface area contributed by atoms with Crippen molar-refractivity contribution in [2.75, 3.05) is 13.2 Å². The average Bonchev–Trinajstić information content (AvgIpc) is 2.23. The van der Waals surface area contributed by atoms with Gasteiger partial charge in [0.05, 0.1) is 0 Å². The number of nitrogens with one attached hydrogen (secondary N) is 1. The van der Waals surface area contributed by atoms with Crippen LogP contribution in [0.15, 0.2) is 30.3 Å². The molecule has 0 atom stereocenters. The van der Waals surface area contributed by atoms with E-state index in [0.29, 0.717) is 12.0 Å². The number of benzene rings is 1. The molecule has 0 aliphatic heterocycles. The maximum atomic E-state index is 5.67. The molecule has 1 N–H and O–H groups in total. The van der Waals surface area contributed by atoms with Gasteiger partial charge in [-0.15, -0.1) is 0 Å². The second kappa shape index (κ2) is 6.24. The Bertz CT molecular complexity index is 338. The second-order valence-electron chi connectivity index (χ2n) is 6.71. The Kier molecular flexibility index (Phi) is 5.21. The van der Waals surface area contributed by atoms with E-state index in [4.69, 9.17) is 4.74 Å². The van der Waals surface area contributed by atoms with Gasteiger partial charge in [-0.2, -0.15) is 0 Å². The van der Waals surface area contributed by atoms with Crippen molar-refractivity contribution in [2.45, 2.75) is 46.6 Å². The van der Waals surface area contributed by atoms with Crippen molar-refractivity contribution in [3.8, 4) is 5.75 Å². The lowest BCUT2D eigenvalue weighted by Gasteiger charge is -2.33. The van der Waals surface area contributed by atoms with E-state index < -0.39 is 0 Å². The summed E-state index contributed by atoms with van der Waals surface area (Å²) in [6.45, 7) is 12.9. The van der Waals surface area contributed by atoms with Crippen molar-refractivity contribution in [2.24, 2.45) is 5.41 Å². The first-order valence-corrected chi connectivity index (χ1v) is 6.71. The summed E-state index contributed by atoms with van der Waals surface area (Å²) < 4.78 is 5.67. The molecule has 0 bridgehead atoms. The first-order valence-electron chi connectivity index (χ1n) is 6.71. The second-order valence-corrected chi connectivity index (χ2v) is 6.71. The molecule has 1 aromatic rings. The lowest BCUT2D eigenvalue weighted by atomic mass is 9.82. The molecule has 0 aliphatic rings. The summed E-state index contributed by atoms with van der Waals surface area (Å²) in [5, 5.41) is 3.56. The van der Waals surface area contributed by atoms with Gasteiger partial charge in [-0.25, -0.2) is 0 Å². The molecule has 0 spiro atoms. The fourth-order valence-electron chi connectivity index (χ4n) is 2.46. The molecule has 0 amide bonds. The van der Waals surface area contributed by atoms with Gasteiger partial charge in [-0.3, -0.25) is 0 Å². The monoisotopic (exact) mass is 249 g/mol. The molecule has 2 nitrogen and oxygen atoms in total. The van der Waals surface area contributed by atoms with Crippen LogP contribution >= 0.6 is 0 Å².